The van der Waals surface area contributed by atoms with E-state index >= 15 is 0 Å². The fourth-order valence-corrected chi connectivity index (χ4v) is 5.17. The maximum Gasteiger partial charge on any atom is 0.408 e. The molecule has 0 aromatic carbocycles. The van der Waals surface area contributed by atoms with Crippen molar-refractivity contribution in [1.82, 2.24) is 19.9 Å². The number of ether oxygens (including phenoxy) is 1. The summed E-state index contributed by atoms with van der Waals surface area (Å²) < 4.78 is 8.33. The van der Waals surface area contributed by atoms with Gasteiger partial charge in [0, 0.05) is 19.0 Å². The Bertz CT molecular complexity index is 855. The zero-order valence-corrected chi connectivity index (χ0v) is 18.0. The molecular formula is C17H22IN5O2S. The molecule has 4 rings (SSSR count). The summed E-state index contributed by atoms with van der Waals surface area (Å²) in [5.41, 5.74) is -0.490. The van der Waals surface area contributed by atoms with Crippen LogP contribution in [-0.2, 0) is 4.74 Å². The highest BCUT2D eigenvalue weighted by molar-refractivity contribution is 14.1. The van der Waals surface area contributed by atoms with Crippen LogP contribution in [0.25, 0.3) is 4.96 Å². The Labute approximate surface area is 169 Å². The number of nitrogens with zero attached hydrogens (tertiary/aromatic N) is 4. The van der Waals surface area contributed by atoms with Crippen molar-refractivity contribution in [2.24, 2.45) is 11.8 Å². The number of rotatable bonds is 2. The molecule has 1 aliphatic carbocycles. The number of carbonyl (C=O) groups is 1. The van der Waals surface area contributed by atoms with Crippen molar-refractivity contribution in [2.45, 2.75) is 38.8 Å². The van der Waals surface area contributed by atoms with Crippen molar-refractivity contribution in [1.29, 1.82) is 0 Å². The number of carbonyl (C=O) groups excluding carboxylic acids is 1. The molecule has 1 saturated heterocycles. The average molecular weight is 487 g/mol. The van der Waals surface area contributed by atoms with Crippen molar-refractivity contribution in [3.8, 4) is 0 Å². The summed E-state index contributed by atoms with van der Waals surface area (Å²) >= 11 is 3.86. The van der Waals surface area contributed by atoms with Crippen LogP contribution in [0.1, 0.15) is 27.2 Å². The number of aromatic nitrogens is 3. The highest BCUT2D eigenvalue weighted by Crippen LogP contribution is 2.37. The quantitative estimate of drug-likeness (QED) is 0.520. The lowest BCUT2D eigenvalue weighted by molar-refractivity contribution is 0.0494. The molecule has 26 heavy (non-hydrogen) atoms. The van der Waals surface area contributed by atoms with Crippen LogP contribution in [-0.4, -0.2) is 45.4 Å². The van der Waals surface area contributed by atoms with Crippen LogP contribution in [0.5, 0.6) is 0 Å². The lowest BCUT2D eigenvalue weighted by Crippen LogP contribution is -2.45. The highest BCUT2D eigenvalue weighted by Gasteiger charge is 2.40. The minimum atomic E-state index is -0.490. The lowest BCUT2D eigenvalue weighted by atomic mass is 9.82. The highest BCUT2D eigenvalue weighted by atomic mass is 127. The molecule has 140 valence electrons. The molecule has 2 aromatic heterocycles. The summed E-state index contributed by atoms with van der Waals surface area (Å²) in [4.78, 5) is 19.8. The molecule has 1 N–H and O–H groups in total. The van der Waals surface area contributed by atoms with E-state index in [0.29, 0.717) is 11.8 Å². The van der Waals surface area contributed by atoms with Crippen LogP contribution >= 0.6 is 33.9 Å². The van der Waals surface area contributed by atoms with E-state index in [4.69, 9.17) is 9.84 Å². The number of anilines is 1. The second-order valence-electron chi connectivity index (χ2n) is 7.82. The molecule has 3 heterocycles. The predicted octanol–water partition coefficient (Wildman–Crippen LogP) is 3.30. The molecule has 9 heteroatoms. The average Bonchev–Trinajstić information content (AvgIpc) is 3.21. The van der Waals surface area contributed by atoms with Gasteiger partial charge in [-0.2, -0.15) is 4.52 Å². The van der Waals surface area contributed by atoms with Gasteiger partial charge < -0.3 is 15.0 Å². The number of halogens is 1. The topological polar surface area (TPSA) is 71.8 Å². The Kier molecular flexibility index (Phi) is 4.62. The number of alkyl carbamates (subject to hydrolysis) is 1. The zero-order chi connectivity index (χ0) is 18.5. The maximum absolute atomic E-state index is 12.2. The Morgan fingerprint density at radius 1 is 1.42 bits per heavy atom. The Hall–Kier alpha value is -1.36. The monoisotopic (exact) mass is 487 g/mol. The van der Waals surface area contributed by atoms with Gasteiger partial charge in [-0.05, 0) is 55.7 Å². The molecule has 0 spiro atoms. The molecule has 0 saturated carbocycles. The van der Waals surface area contributed by atoms with E-state index in [1.54, 1.807) is 11.3 Å². The van der Waals surface area contributed by atoms with Gasteiger partial charge >= 0.3 is 6.09 Å². The summed E-state index contributed by atoms with van der Waals surface area (Å²) in [6.45, 7) is 7.47. The van der Waals surface area contributed by atoms with Gasteiger partial charge in [0.05, 0.1) is 12.2 Å². The number of hydrogen-bond donors (Lipinski definition) is 1. The minimum Gasteiger partial charge on any atom is -0.444 e. The molecule has 3 atom stereocenters. The molecular weight excluding hydrogens is 465 g/mol. The van der Waals surface area contributed by atoms with E-state index in [1.807, 2.05) is 31.5 Å². The van der Waals surface area contributed by atoms with E-state index in [1.165, 1.54) is 0 Å². The number of nitrogens with one attached hydrogen (secondary N) is 1. The van der Waals surface area contributed by atoms with E-state index in [9.17, 15) is 4.79 Å². The van der Waals surface area contributed by atoms with Gasteiger partial charge in [0.25, 0.3) is 0 Å². The Morgan fingerprint density at radius 3 is 2.96 bits per heavy atom. The zero-order valence-electron chi connectivity index (χ0n) is 15.0. The van der Waals surface area contributed by atoms with Crippen LogP contribution in [0.3, 0.4) is 0 Å². The first-order chi connectivity index (χ1) is 12.3. The smallest absolute Gasteiger partial charge is 0.408 e. The van der Waals surface area contributed by atoms with E-state index in [2.05, 4.69) is 49.9 Å². The second kappa shape index (κ2) is 6.66. The van der Waals surface area contributed by atoms with Crippen molar-refractivity contribution in [3.63, 3.8) is 0 Å². The van der Waals surface area contributed by atoms with Gasteiger partial charge in [-0.15, -0.1) is 5.10 Å². The number of hydrogen-bond acceptors (Lipinski definition) is 6. The summed E-state index contributed by atoms with van der Waals surface area (Å²) in [6.07, 6.45) is 6.79. The van der Waals surface area contributed by atoms with Crippen LogP contribution in [0, 0.1) is 15.5 Å². The van der Waals surface area contributed by atoms with Crippen LogP contribution in [0.2, 0.25) is 0 Å². The molecule has 2 aliphatic rings. The number of imidazole rings is 1. The molecule has 0 bridgehead atoms. The van der Waals surface area contributed by atoms with Gasteiger partial charge in [-0.25, -0.2) is 9.78 Å². The lowest BCUT2D eigenvalue weighted by Gasteiger charge is -2.30. The summed E-state index contributed by atoms with van der Waals surface area (Å²) in [7, 11) is 0. The predicted molar refractivity (Wildman–Crippen MR) is 110 cm³/mol. The molecule has 1 aliphatic heterocycles. The first kappa shape index (κ1) is 18.0. The van der Waals surface area contributed by atoms with Crippen LogP contribution in [0.15, 0.2) is 18.3 Å². The standard InChI is InChI=1S/C17H22IN5O2S/c1-17(2,3)25-16(24)20-12-6-4-5-10-8-22(9-11(10)12)15-21-23-13(18)7-19-14(23)26-15/h4,6-7,10-12H,5,8-9H2,1-3H3,(H,20,24)/t10-,11+,12-/m1/s1. The normalized spacial score (nSPS) is 25.5. The molecule has 7 nitrogen and oxygen atoms in total. The van der Waals surface area contributed by atoms with Gasteiger partial charge in [0.2, 0.25) is 10.1 Å². The number of fused-ring (bicyclic) bond motifs is 2. The third-order valence-corrected chi connectivity index (χ3v) is 6.44. The maximum atomic E-state index is 12.2. The summed E-state index contributed by atoms with van der Waals surface area (Å²) in [5, 5.41) is 8.74. The second-order valence-corrected chi connectivity index (χ2v) is 9.86. The van der Waals surface area contributed by atoms with Crippen molar-refractivity contribution < 1.29 is 9.53 Å². The van der Waals surface area contributed by atoms with Crippen LogP contribution in [0.4, 0.5) is 9.93 Å². The third kappa shape index (κ3) is 3.55. The van der Waals surface area contributed by atoms with Gasteiger partial charge in [0.15, 0.2) is 0 Å². The summed E-state index contributed by atoms with van der Waals surface area (Å²) in [6, 6.07) is -0.00205. The molecule has 2 aromatic rings. The number of allylic oxidation sites excluding steroid dienone is 1. The van der Waals surface area contributed by atoms with Crippen molar-refractivity contribution >= 4 is 50.1 Å². The fourth-order valence-electron chi connectivity index (χ4n) is 3.64. The Morgan fingerprint density at radius 2 is 2.23 bits per heavy atom. The largest absolute Gasteiger partial charge is 0.444 e. The molecule has 0 unspecified atom stereocenters. The van der Waals surface area contributed by atoms with Crippen molar-refractivity contribution in [3.05, 3.63) is 22.0 Å². The molecule has 1 fully saturated rings. The van der Waals surface area contributed by atoms with Crippen LogP contribution < -0.4 is 10.2 Å². The fraction of sp³-hybridized carbons (Fsp3) is 0.588. The molecule has 0 radical (unpaired) electrons. The first-order valence-corrected chi connectivity index (χ1v) is 10.6. The van der Waals surface area contributed by atoms with Crippen molar-refractivity contribution in [2.75, 3.05) is 18.0 Å². The third-order valence-electron chi connectivity index (χ3n) is 4.72. The SMILES string of the molecule is CC(C)(C)OC(=O)N[C@@H]1C=CC[C@@H]2CN(c3nn4c(I)cnc4s3)C[C@@H]21. The molecule has 1 amide bonds. The van der Waals surface area contributed by atoms with Gasteiger partial charge in [-0.3, -0.25) is 0 Å². The minimum absolute atomic E-state index is 0.00205. The Balaban J connectivity index is 1.47. The first-order valence-electron chi connectivity index (χ1n) is 8.71. The summed E-state index contributed by atoms with van der Waals surface area (Å²) in [5.74, 6) is 0.873. The van der Waals surface area contributed by atoms with E-state index < -0.39 is 5.60 Å². The number of amides is 1. The van der Waals surface area contributed by atoms with E-state index in [-0.39, 0.29) is 12.1 Å². The van der Waals surface area contributed by atoms with Gasteiger partial charge in [0.1, 0.15) is 9.30 Å². The van der Waals surface area contributed by atoms with E-state index in [0.717, 1.165) is 33.3 Å². The van der Waals surface area contributed by atoms with Gasteiger partial charge in [-0.1, -0.05) is 23.5 Å².